The number of tetrazole rings is 1. The Hall–Kier alpha value is -4.16. The molecule has 2 aliphatic heterocycles. The molecule has 1 fully saturated rings. The molecule has 1 aromatic carbocycles. The number of anilines is 2. The van der Waals surface area contributed by atoms with Crippen molar-refractivity contribution in [3.63, 3.8) is 0 Å². The summed E-state index contributed by atoms with van der Waals surface area (Å²) in [5.74, 6) is -0.304. The van der Waals surface area contributed by atoms with E-state index in [-0.39, 0.29) is 36.2 Å². The maximum Gasteiger partial charge on any atom is 0.433 e. The monoisotopic (exact) mass is 681 g/mol. The molecule has 0 N–H and O–H groups in total. The Morgan fingerprint density at radius 2 is 1.62 bits per heavy atom. The summed E-state index contributed by atoms with van der Waals surface area (Å²) in [6.45, 7) is 1.67. The van der Waals surface area contributed by atoms with Crippen molar-refractivity contribution in [2.75, 3.05) is 23.0 Å². The van der Waals surface area contributed by atoms with E-state index in [0.717, 1.165) is 15.8 Å². The highest BCUT2D eigenvalue weighted by atomic mass is 19.4. The molecule has 0 saturated carbocycles. The lowest BCUT2D eigenvalue weighted by molar-refractivity contribution is -0.143. The van der Waals surface area contributed by atoms with Crippen LogP contribution in [0.4, 0.5) is 55.9 Å². The summed E-state index contributed by atoms with van der Waals surface area (Å²) in [5, 5.41) is 11.6. The summed E-state index contributed by atoms with van der Waals surface area (Å²) in [6.07, 6.45) is -15.7. The number of nitrogens with zero attached hydrogens (tertiary/aromatic N) is 7. The number of carbonyl (C=O) groups excluding carboxylic acids is 1. The lowest BCUT2D eigenvalue weighted by Crippen LogP contribution is -2.49. The Morgan fingerprint density at radius 1 is 0.979 bits per heavy atom. The Kier molecular flexibility index (Phi) is 9.31. The van der Waals surface area contributed by atoms with E-state index in [1.165, 1.54) is 11.9 Å². The van der Waals surface area contributed by atoms with Gasteiger partial charge in [-0.15, -0.1) is 5.10 Å². The number of pyridine rings is 1. The van der Waals surface area contributed by atoms with E-state index in [0.29, 0.717) is 44.3 Å². The summed E-state index contributed by atoms with van der Waals surface area (Å²) in [4.78, 5) is 20.7. The molecule has 5 rings (SSSR count). The zero-order valence-corrected chi connectivity index (χ0v) is 24.8. The number of alkyl halides is 9. The van der Waals surface area contributed by atoms with Crippen LogP contribution in [0.2, 0.25) is 0 Å². The van der Waals surface area contributed by atoms with Crippen LogP contribution >= 0.6 is 0 Å². The van der Waals surface area contributed by atoms with E-state index in [1.807, 2.05) is 0 Å². The van der Waals surface area contributed by atoms with Crippen LogP contribution in [-0.4, -0.2) is 56.6 Å². The van der Waals surface area contributed by atoms with Gasteiger partial charge in [0.2, 0.25) is 0 Å². The fourth-order valence-electron chi connectivity index (χ4n) is 5.63. The maximum atomic E-state index is 13.9. The summed E-state index contributed by atoms with van der Waals surface area (Å²) in [7, 11) is 1.35. The van der Waals surface area contributed by atoms with Gasteiger partial charge < -0.3 is 14.4 Å². The van der Waals surface area contributed by atoms with Crippen molar-refractivity contribution in [2.45, 2.75) is 75.9 Å². The number of aryl methyl sites for hydroxylation is 1. The van der Waals surface area contributed by atoms with Gasteiger partial charge in [-0.3, -0.25) is 4.90 Å². The molecule has 0 unspecified atom stereocenters. The van der Waals surface area contributed by atoms with Crippen LogP contribution in [0.25, 0.3) is 0 Å². The molecular weight excluding hydrogens is 653 g/mol. The first kappa shape index (κ1) is 34.2. The van der Waals surface area contributed by atoms with Gasteiger partial charge in [-0.25, -0.2) is 9.78 Å². The fraction of sp³-hybridized carbons (Fsp3) is 0.536. The lowest BCUT2D eigenvalue weighted by atomic mass is 9.91. The van der Waals surface area contributed by atoms with Crippen LogP contribution in [0.1, 0.15) is 66.7 Å². The third kappa shape index (κ3) is 7.54. The smallest absolute Gasteiger partial charge is 0.433 e. The van der Waals surface area contributed by atoms with Gasteiger partial charge in [0.05, 0.1) is 48.8 Å². The van der Waals surface area contributed by atoms with Gasteiger partial charge in [-0.05, 0) is 54.0 Å². The highest BCUT2D eigenvalue weighted by molar-refractivity contribution is 5.90. The fourth-order valence-corrected chi connectivity index (χ4v) is 5.63. The van der Waals surface area contributed by atoms with Crippen molar-refractivity contribution in [3.05, 3.63) is 58.4 Å². The van der Waals surface area contributed by atoms with Crippen molar-refractivity contribution in [3.8, 4) is 0 Å². The second-order valence-corrected chi connectivity index (χ2v) is 11.1. The molecule has 2 atom stereocenters. The number of benzene rings is 1. The van der Waals surface area contributed by atoms with Gasteiger partial charge >= 0.3 is 24.6 Å². The Labute approximate surface area is 261 Å². The quantitative estimate of drug-likeness (QED) is 0.265. The molecule has 0 spiro atoms. The van der Waals surface area contributed by atoms with Gasteiger partial charge in [-0.1, -0.05) is 12.0 Å². The molecule has 2 aromatic heterocycles. The molecular formula is C28H28F9N7O3. The molecule has 10 nitrogen and oxygen atoms in total. The summed E-state index contributed by atoms with van der Waals surface area (Å²) in [6, 6.07) is 0.696. The molecule has 19 heteroatoms. The Balaban J connectivity index is 1.64. The van der Waals surface area contributed by atoms with Gasteiger partial charge in [-0.2, -0.15) is 44.3 Å². The minimum atomic E-state index is -5.15. The summed E-state index contributed by atoms with van der Waals surface area (Å²) >= 11 is 0. The van der Waals surface area contributed by atoms with E-state index in [9.17, 15) is 44.3 Å². The molecule has 256 valence electrons. The second-order valence-electron chi connectivity index (χ2n) is 11.1. The number of amides is 1. The first-order chi connectivity index (χ1) is 22.0. The molecule has 47 heavy (non-hydrogen) atoms. The van der Waals surface area contributed by atoms with Gasteiger partial charge in [0.25, 0.3) is 5.95 Å². The number of carbonyl (C=O) groups is 1. The molecule has 1 saturated heterocycles. The molecule has 1 amide bonds. The van der Waals surface area contributed by atoms with E-state index in [2.05, 4.69) is 20.4 Å². The van der Waals surface area contributed by atoms with Crippen molar-refractivity contribution >= 4 is 17.7 Å². The maximum absolute atomic E-state index is 13.9. The van der Waals surface area contributed by atoms with Crippen molar-refractivity contribution in [1.29, 1.82) is 0 Å². The van der Waals surface area contributed by atoms with Crippen LogP contribution in [0.3, 0.4) is 0 Å². The topological polar surface area (TPSA) is 98.5 Å². The predicted octanol–water partition coefficient (Wildman–Crippen LogP) is 6.71. The van der Waals surface area contributed by atoms with Gasteiger partial charge in [0, 0.05) is 25.4 Å². The van der Waals surface area contributed by atoms with Crippen molar-refractivity contribution in [2.24, 2.45) is 7.05 Å². The second kappa shape index (κ2) is 12.8. The minimum Gasteiger partial charge on any atom is -0.446 e. The van der Waals surface area contributed by atoms with Gasteiger partial charge in [0.1, 0.15) is 11.8 Å². The number of ether oxygens (including phenoxy) is 2. The standard InChI is InChI=1S/C28H28F9N7O3/c1-3-18-13-21(23-20(4-5-22(38-23)28(35,36)37)44(18)25(45)47-19-6-8-46-9-7-19)43(24-39-41-42(2)40-24)14-15-10-16(26(29,30)31)12-17(11-15)27(32,33)34/h4-5,10-12,18-19,21H,3,6-9,13-14H2,1-2H3/t18-,21+/m1/s1. The normalized spacial score (nSPS) is 19.4. The van der Waals surface area contributed by atoms with Crippen LogP contribution < -0.4 is 9.80 Å². The van der Waals surface area contributed by atoms with Gasteiger partial charge in [0.15, 0.2) is 0 Å². The molecule has 4 heterocycles. The predicted molar refractivity (Wildman–Crippen MR) is 145 cm³/mol. The molecule has 0 aliphatic carbocycles. The number of fused-ring (bicyclic) bond motifs is 1. The zero-order valence-electron chi connectivity index (χ0n) is 24.8. The zero-order chi connectivity index (χ0) is 34.3. The molecule has 3 aromatic rings. The molecule has 0 radical (unpaired) electrons. The van der Waals surface area contributed by atoms with Crippen molar-refractivity contribution in [1.82, 2.24) is 25.2 Å². The largest absolute Gasteiger partial charge is 0.446 e. The van der Waals surface area contributed by atoms with E-state index >= 15 is 0 Å². The van der Waals surface area contributed by atoms with E-state index in [4.69, 9.17) is 9.47 Å². The van der Waals surface area contributed by atoms with Crippen LogP contribution in [-0.2, 0) is 41.6 Å². The Bertz CT molecular complexity index is 1550. The average molecular weight is 682 g/mol. The van der Waals surface area contributed by atoms with Crippen molar-refractivity contribution < 1.29 is 53.8 Å². The Morgan fingerprint density at radius 3 is 2.15 bits per heavy atom. The number of halogens is 9. The lowest BCUT2D eigenvalue weighted by Gasteiger charge is -2.43. The highest BCUT2D eigenvalue weighted by Crippen LogP contribution is 2.45. The first-order valence-electron chi connectivity index (χ1n) is 14.4. The van der Waals surface area contributed by atoms with E-state index in [1.54, 1.807) is 6.92 Å². The number of rotatable bonds is 6. The minimum absolute atomic E-state index is 0.0312. The number of hydrogen-bond donors (Lipinski definition) is 0. The molecule has 2 aliphatic rings. The van der Waals surface area contributed by atoms with Crippen LogP contribution in [0.15, 0.2) is 30.3 Å². The molecule has 0 bridgehead atoms. The first-order valence-corrected chi connectivity index (χ1v) is 14.4. The number of aromatic nitrogens is 5. The summed E-state index contributed by atoms with van der Waals surface area (Å²) < 4.78 is 135. The highest BCUT2D eigenvalue weighted by Gasteiger charge is 2.44. The average Bonchev–Trinajstić information content (AvgIpc) is 3.43. The third-order valence-electron chi connectivity index (χ3n) is 7.86. The summed E-state index contributed by atoms with van der Waals surface area (Å²) in [5.41, 5.74) is -5.38. The van der Waals surface area contributed by atoms with Crippen LogP contribution in [0.5, 0.6) is 0 Å². The SMILES string of the molecule is CC[C@@H]1C[C@H](N(Cc2cc(C(F)(F)F)cc(C(F)(F)F)c2)c2nnn(C)n2)c2nc(C(F)(F)F)ccc2N1C(=O)OC1CCOCC1. The van der Waals surface area contributed by atoms with Crippen LogP contribution in [0, 0.1) is 0 Å². The number of hydrogen-bond acceptors (Lipinski definition) is 8. The van der Waals surface area contributed by atoms with E-state index < -0.39 is 71.7 Å². The third-order valence-corrected chi connectivity index (χ3v) is 7.86.